The SMILES string of the molecule is COC(=O)c1nc(-c2ccccc2)oc1C(C)C. The van der Waals surface area contributed by atoms with Crippen molar-refractivity contribution in [2.45, 2.75) is 19.8 Å². The Morgan fingerprint density at radius 2 is 1.94 bits per heavy atom. The summed E-state index contributed by atoms with van der Waals surface area (Å²) in [5, 5.41) is 0. The van der Waals surface area contributed by atoms with E-state index < -0.39 is 5.97 Å². The molecule has 1 heterocycles. The summed E-state index contributed by atoms with van der Waals surface area (Å²) in [7, 11) is 1.34. The maximum absolute atomic E-state index is 11.6. The number of rotatable bonds is 3. The molecule has 0 unspecified atom stereocenters. The molecule has 0 spiro atoms. The molecule has 4 nitrogen and oxygen atoms in total. The molecular formula is C14H15NO3. The van der Waals surface area contributed by atoms with Gasteiger partial charge in [-0.1, -0.05) is 32.0 Å². The maximum Gasteiger partial charge on any atom is 0.360 e. The standard InChI is InChI=1S/C14H15NO3/c1-9(2)12-11(14(16)17-3)15-13(18-12)10-7-5-4-6-8-10/h4-9H,1-3H3. The van der Waals surface area contributed by atoms with Gasteiger partial charge in [0.2, 0.25) is 5.89 Å². The lowest BCUT2D eigenvalue weighted by Crippen LogP contribution is -2.05. The molecule has 0 aliphatic heterocycles. The Bertz CT molecular complexity index is 543. The maximum atomic E-state index is 11.6. The highest BCUT2D eigenvalue weighted by Gasteiger charge is 2.23. The molecule has 2 aromatic rings. The minimum Gasteiger partial charge on any atom is -0.464 e. The number of methoxy groups -OCH3 is 1. The number of hydrogen-bond donors (Lipinski definition) is 0. The van der Waals surface area contributed by atoms with Crippen molar-refractivity contribution >= 4 is 5.97 Å². The molecule has 18 heavy (non-hydrogen) atoms. The predicted molar refractivity (Wildman–Crippen MR) is 67.4 cm³/mol. The van der Waals surface area contributed by atoms with Crippen molar-refractivity contribution in [3.8, 4) is 11.5 Å². The van der Waals surface area contributed by atoms with E-state index in [0.29, 0.717) is 11.7 Å². The molecule has 0 aliphatic carbocycles. The third kappa shape index (κ3) is 2.27. The van der Waals surface area contributed by atoms with Crippen LogP contribution in [0, 0.1) is 0 Å². The molecule has 0 aliphatic rings. The summed E-state index contributed by atoms with van der Waals surface area (Å²) in [5.74, 6) is 0.606. The van der Waals surface area contributed by atoms with Crippen LogP contribution in [0.1, 0.15) is 36.0 Å². The first kappa shape index (κ1) is 12.4. The van der Waals surface area contributed by atoms with E-state index in [0.717, 1.165) is 5.56 Å². The van der Waals surface area contributed by atoms with Gasteiger partial charge in [0, 0.05) is 11.5 Å². The largest absolute Gasteiger partial charge is 0.464 e. The number of benzene rings is 1. The molecular weight excluding hydrogens is 230 g/mol. The third-order valence-corrected chi connectivity index (χ3v) is 2.58. The third-order valence-electron chi connectivity index (χ3n) is 2.58. The number of esters is 1. The van der Waals surface area contributed by atoms with Crippen molar-refractivity contribution in [2.24, 2.45) is 0 Å². The van der Waals surface area contributed by atoms with Gasteiger partial charge in [-0.2, -0.15) is 0 Å². The number of carbonyl (C=O) groups excluding carboxylic acids is 1. The summed E-state index contributed by atoms with van der Waals surface area (Å²) in [6.07, 6.45) is 0. The normalized spacial score (nSPS) is 10.7. The van der Waals surface area contributed by atoms with E-state index in [9.17, 15) is 4.79 Å². The first-order valence-corrected chi connectivity index (χ1v) is 5.78. The molecule has 0 saturated heterocycles. The topological polar surface area (TPSA) is 52.3 Å². The van der Waals surface area contributed by atoms with Crippen LogP contribution in [-0.4, -0.2) is 18.1 Å². The van der Waals surface area contributed by atoms with Crippen LogP contribution in [0.5, 0.6) is 0 Å². The second-order valence-corrected chi connectivity index (χ2v) is 4.24. The van der Waals surface area contributed by atoms with E-state index in [-0.39, 0.29) is 11.6 Å². The van der Waals surface area contributed by atoms with Crippen LogP contribution in [0.3, 0.4) is 0 Å². The van der Waals surface area contributed by atoms with Gasteiger partial charge in [0.1, 0.15) is 5.76 Å². The summed E-state index contributed by atoms with van der Waals surface area (Å²) < 4.78 is 10.4. The van der Waals surface area contributed by atoms with Gasteiger partial charge in [-0.15, -0.1) is 0 Å². The van der Waals surface area contributed by atoms with Crippen LogP contribution in [0.2, 0.25) is 0 Å². The van der Waals surface area contributed by atoms with Crippen molar-refractivity contribution < 1.29 is 13.9 Å². The van der Waals surface area contributed by atoms with Gasteiger partial charge in [0.25, 0.3) is 0 Å². The predicted octanol–water partition coefficient (Wildman–Crippen LogP) is 3.25. The van der Waals surface area contributed by atoms with Gasteiger partial charge in [0.15, 0.2) is 5.69 Å². The van der Waals surface area contributed by atoms with Gasteiger partial charge >= 0.3 is 5.97 Å². The van der Waals surface area contributed by atoms with Gasteiger partial charge in [-0.25, -0.2) is 9.78 Å². The molecule has 0 N–H and O–H groups in total. The van der Waals surface area contributed by atoms with Gasteiger partial charge in [-0.3, -0.25) is 0 Å². The molecule has 0 atom stereocenters. The van der Waals surface area contributed by atoms with E-state index in [1.54, 1.807) is 0 Å². The van der Waals surface area contributed by atoms with Crippen LogP contribution < -0.4 is 0 Å². The molecule has 0 fully saturated rings. The summed E-state index contributed by atoms with van der Waals surface area (Å²) in [6.45, 7) is 3.89. The van der Waals surface area contributed by atoms with E-state index in [1.165, 1.54) is 7.11 Å². The Morgan fingerprint density at radius 3 is 2.50 bits per heavy atom. The zero-order chi connectivity index (χ0) is 13.1. The Balaban J connectivity index is 2.49. The van der Waals surface area contributed by atoms with Crippen LogP contribution >= 0.6 is 0 Å². The van der Waals surface area contributed by atoms with Crippen molar-refractivity contribution in [3.05, 3.63) is 41.8 Å². The fraction of sp³-hybridized carbons (Fsp3) is 0.286. The summed E-state index contributed by atoms with van der Waals surface area (Å²) >= 11 is 0. The molecule has 0 saturated carbocycles. The molecule has 2 rings (SSSR count). The summed E-state index contributed by atoms with van der Waals surface area (Å²) in [4.78, 5) is 15.9. The molecule has 0 radical (unpaired) electrons. The van der Waals surface area contributed by atoms with Crippen LogP contribution in [-0.2, 0) is 4.74 Å². The second-order valence-electron chi connectivity index (χ2n) is 4.24. The highest BCUT2D eigenvalue weighted by Crippen LogP contribution is 2.27. The lowest BCUT2D eigenvalue weighted by Gasteiger charge is -2.01. The number of carbonyl (C=O) groups is 1. The first-order chi connectivity index (χ1) is 8.63. The van der Waals surface area contributed by atoms with Gasteiger partial charge < -0.3 is 9.15 Å². The van der Waals surface area contributed by atoms with Crippen molar-refractivity contribution in [3.63, 3.8) is 0 Å². The summed E-state index contributed by atoms with van der Waals surface area (Å²) in [6, 6.07) is 9.48. The van der Waals surface area contributed by atoms with E-state index >= 15 is 0 Å². The highest BCUT2D eigenvalue weighted by atomic mass is 16.5. The van der Waals surface area contributed by atoms with E-state index in [2.05, 4.69) is 4.98 Å². The monoisotopic (exact) mass is 245 g/mol. The van der Waals surface area contributed by atoms with E-state index in [4.69, 9.17) is 9.15 Å². The van der Waals surface area contributed by atoms with Crippen molar-refractivity contribution in [2.75, 3.05) is 7.11 Å². The minimum atomic E-state index is -0.468. The molecule has 94 valence electrons. The molecule has 0 amide bonds. The highest BCUT2D eigenvalue weighted by molar-refractivity contribution is 5.89. The fourth-order valence-electron chi connectivity index (χ4n) is 1.67. The molecule has 1 aromatic heterocycles. The summed E-state index contributed by atoms with van der Waals surface area (Å²) in [5.41, 5.74) is 1.10. The number of nitrogens with zero attached hydrogens (tertiary/aromatic N) is 1. The lowest BCUT2D eigenvalue weighted by molar-refractivity contribution is 0.0591. The Hall–Kier alpha value is -2.10. The average molecular weight is 245 g/mol. The van der Waals surface area contributed by atoms with E-state index in [1.807, 2.05) is 44.2 Å². The van der Waals surface area contributed by atoms with Gasteiger partial charge in [0.05, 0.1) is 7.11 Å². The van der Waals surface area contributed by atoms with Gasteiger partial charge in [-0.05, 0) is 12.1 Å². The Kier molecular flexibility index (Phi) is 3.46. The van der Waals surface area contributed by atoms with Crippen molar-refractivity contribution in [1.82, 2.24) is 4.98 Å². The van der Waals surface area contributed by atoms with Crippen LogP contribution in [0.4, 0.5) is 0 Å². The second kappa shape index (κ2) is 5.04. The minimum absolute atomic E-state index is 0.0732. The quantitative estimate of drug-likeness (QED) is 0.779. The van der Waals surface area contributed by atoms with Crippen molar-refractivity contribution in [1.29, 1.82) is 0 Å². The number of aromatic nitrogens is 1. The molecule has 4 heteroatoms. The number of oxazole rings is 1. The zero-order valence-corrected chi connectivity index (χ0v) is 10.6. The Morgan fingerprint density at radius 1 is 1.28 bits per heavy atom. The number of ether oxygens (including phenoxy) is 1. The molecule has 1 aromatic carbocycles. The van der Waals surface area contributed by atoms with Crippen LogP contribution in [0.15, 0.2) is 34.7 Å². The Labute approximate surface area is 106 Å². The zero-order valence-electron chi connectivity index (χ0n) is 10.6. The molecule has 0 bridgehead atoms. The smallest absolute Gasteiger partial charge is 0.360 e. The lowest BCUT2D eigenvalue weighted by atomic mass is 10.1. The average Bonchev–Trinajstić information content (AvgIpc) is 2.84. The van der Waals surface area contributed by atoms with Crippen LogP contribution in [0.25, 0.3) is 11.5 Å². The first-order valence-electron chi connectivity index (χ1n) is 5.78. The fourth-order valence-corrected chi connectivity index (χ4v) is 1.67. The number of hydrogen-bond acceptors (Lipinski definition) is 4.